The SMILES string of the molecule is COc1ccc(-c2cccc(NC(=O)c3cccc(Cl)c3)c2)cc1CN1CCCC1.O=C(O)C(F)(F)F. The van der Waals surface area contributed by atoms with Crippen LogP contribution < -0.4 is 10.1 Å². The molecule has 0 aliphatic carbocycles. The first-order valence-corrected chi connectivity index (χ1v) is 11.8. The molecule has 1 aliphatic rings. The third-order valence-electron chi connectivity index (χ3n) is 5.66. The summed E-state index contributed by atoms with van der Waals surface area (Å²) in [6, 6.07) is 21.1. The Morgan fingerprint density at radius 3 is 2.27 bits per heavy atom. The highest BCUT2D eigenvalue weighted by molar-refractivity contribution is 6.31. The summed E-state index contributed by atoms with van der Waals surface area (Å²) in [6.45, 7) is 3.17. The summed E-state index contributed by atoms with van der Waals surface area (Å²) in [7, 11) is 1.72. The average molecular weight is 535 g/mol. The van der Waals surface area contributed by atoms with Gasteiger partial charge >= 0.3 is 12.1 Å². The van der Waals surface area contributed by atoms with Crippen LogP contribution in [-0.4, -0.2) is 48.3 Å². The molecule has 0 radical (unpaired) electrons. The lowest BCUT2D eigenvalue weighted by molar-refractivity contribution is -0.192. The highest BCUT2D eigenvalue weighted by Crippen LogP contribution is 2.30. The molecule has 0 saturated carbocycles. The molecule has 3 aromatic rings. The molecule has 4 rings (SSSR count). The van der Waals surface area contributed by atoms with Crippen LogP contribution in [0.4, 0.5) is 18.9 Å². The Labute approximate surface area is 217 Å². The molecule has 37 heavy (non-hydrogen) atoms. The number of methoxy groups -OCH3 is 1. The molecule has 0 atom stereocenters. The molecule has 6 nitrogen and oxygen atoms in total. The molecule has 0 bridgehead atoms. The number of hydrogen-bond acceptors (Lipinski definition) is 4. The number of aliphatic carboxylic acids is 1. The van der Waals surface area contributed by atoms with E-state index in [0.717, 1.165) is 42.2 Å². The number of carboxylic acids is 1. The molecule has 1 saturated heterocycles. The zero-order chi connectivity index (χ0) is 27.0. The molecule has 1 aliphatic heterocycles. The van der Waals surface area contributed by atoms with Gasteiger partial charge in [-0.25, -0.2) is 4.79 Å². The van der Waals surface area contributed by atoms with E-state index in [1.165, 1.54) is 18.4 Å². The monoisotopic (exact) mass is 534 g/mol. The minimum Gasteiger partial charge on any atom is -0.496 e. The maximum absolute atomic E-state index is 12.6. The summed E-state index contributed by atoms with van der Waals surface area (Å²) in [5.41, 5.74) is 4.61. The fourth-order valence-electron chi connectivity index (χ4n) is 3.87. The van der Waals surface area contributed by atoms with Gasteiger partial charge in [-0.05, 0) is 79.5 Å². The third kappa shape index (κ3) is 8.23. The van der Waals surface area contributed by atoms with Gasteiger partial charge in [-0.3, -0.25) is 9.69 Å². The third-order valence-corrected chi connectivity index (χ3v) is 5.89. The number of rotatable bonds is 6. The molecule has 1 heterocycles. The summed E-state index contributed by atoms with van der Waals surface area (Å²) >= 11 is 6.00. The van der Waals surface area contributed by atoms with E-state index in [9.17, 15) is 18.0 Å². The first-order chi connectivity index (χ1) is 17.6. The molecule has 196 valence electrons. The number of anilines is 1. The molecule has 2 N–H and O–H groups in total. The van der Waals surface area contributed by atoms with Crippen LogP contribution in [0.2, 0.25) is 5.02 Å². The minimum absolute atomic E-state index is 0.181. The van der Waals surface area contributed by atoms with E-state index in [2.05, 4.69) is 28.4 Å². The second-order valence-corrected chi connectivity index (χ2v) is 8.79. The number of amides is 1. The van der Waals surface area contributed by atoms with Crippen LogP contribution in [0.15, 0.2) is 66.7 Å². The number of ether oxygens (including phenoxy) is 1. The molecular weight excluding hydrogens is 509 g/mol. The highest BCUT2D eigenvalue weighted by atomic mass is 35.5. The number of nitrogens with one attached hydrogen (secondary N) is 1. The van der Waals surface area contributed by atoms with Crippen molar-refractivity contribution in [1.82, 2.24) is 4.90 Å². The predicted molar refractivity (Wildman–Crippen MR) is 136 cm³/mol. The van der Waals surface area contributed by atoms with E-state index >= 15 is 0 Å². The van der Waals surface area contributed by atoms with E-state index < -0.39 is 12.1 Å². The number of alkyl halides is 3. The van der Waals surface area contributed by atoms with Gasteiger partial charge in [0.25, 0.3) is 5.91 Å². The van der Waals surface area contributed by atoms with Crippen LogP contribution in [0.1, 0.15) is 28.8 Å². The molecule has 0 aromatic heterocycles. The fourth-order valence-corrected chi connectivity index (χ4v) is 4.06. The second-order valence-electron chi connectivity index (χ2n) is 8.36. The molecule has 1 fully saturated rings. The summed E-state index contributed by atoms with van der Waals surface area (Å²) in [5.74, 6) is -2.03. The summed E-state index contributed by atoms with van der Waals surface area (Å²) in [5, 5.41) is 10.6. The Morgan fingerprint density at radius 2 is 1.65 bits per heavy atom. The van der Waals surface area contributed by atoms with Crippen molar-refractivity contribution in [2.45, 2.75) is 25.6 Å². The molecule has 0 unspecified atom stereocenters. The van der Waals surface area contributed by atoms with Crippen LogP contribution in [0.3, 0.4) is 0 Å². The van der Waals surface area contributed by atoms with Crippen molar-refractivity contribution in [2.24, 2.45) is 0 Å². The van der Waals surface area contributed by atoms with Gasteiger partial charge in [0.2, 0.25) is 0 Å². The number of carbonyl (C=O) groups is 2. The van der Waals surface area contributed by atoms with Gasteiger partial charge in [0.05, 0.1) is 7.11 Å². The van der Waals surface area contributed by atoms with Gasteiger partial charge in [-0.15, -0.1) is 0 Å². The van der Waals surface area contributed by atoms with Gasteiger partial charge in [-0.2, -0.15) is 13.2 Å². The average Bonchev–Trinajstić information content (AvgIpc) is 3.37. The summed E-state index contributed by atoms with van der Waals surface area (Å²) in [4.78, 5) is 23.9. The maximum Gasteiger partial charge on any atom is 0.490 e. The minimum atomic E-state index is -5.08. The number of halogens is 4. The first-order valence-electron chi connectivity index (χ1n) is 11.4. The summed E-state index contributed by atoms with van der Waals surface area (Å²) in [6.07, 6.45) is -2.56. The van der Waals surface area contributed by atoms with Gasteiger partial charge in [0, 0.05) is 28.4 Å². The Bertz CT molecular complexity index is 1240. The van der Waals surface area contributed by atoms with Gasteiger partial charge in [0.15, 0.2) is 0 Å². The van der Waals surface area contributed by atoms with E-state index in [4.69, 9.17) is 26.2 Å². The van der Waals surface area contributed by atoms with Gasteiger partial charge < -0.3 is 15.2 Å². The standard InChI is InChI=1S/C25H25ClN2O2.C2HF3O2/c1-30-24-11-10-19(14-21(24)17-28-12-2-3-13-28)18-6-5-9-23(16-18)27-25(29)20-7-4-8-22(26)15-20;3-2(4,5)1(6)7/h4-11,14-16H,2-3,12-13,17H2,1H3,(H,27,29);(H,6,7). The molecule has 3 aromatic carbocycles. The Hall–Kier alpha value is -3.56. The zero-order valence-corrected chi connectivity index (χ0v) is 20.8. The van der Waals surface area contributed by atoms with E-state index in [1.807, 2.05) is 24.3 Å². The Kier molecular flexibility index (Phi) is 9.54. The predicted octanol–water partition coefficient (Wildman–Crippen LogP) is 6.50. The number of hydrogen-bond donors (Lipinski definition) is 2. The maximum atomic E-state index is 12.6. The number of carbonyl (C=O) groups excluding carboxylic acids is 1. The molecular formula is C27H26ClF3N2O4. The van der Waals surface area contributed by atoms with Crippen molar-refractivity contribution in [1.29, 1.82) is 0 Å². The number of likely N-dealkylation sites (tertiary alicyclic amines) is 1. The number of carboxylic acid groups (broad SMARTS) is 1. The Balaban J connectivity index is 0.000000479. The molecule has 10 heteroatoms. The molecule has 0 spiro atoms. The lowest BCUT2D eigenvalue weighted by atomic mass is 10.0. The Morgan fingerprint density at radius 1 is 1.00 bits per heavy atom. The quantitative estimate of drug-likeness (QED) is 0.377. The second kappa shape index (κ2) is 12.6. The van der Waals surface area contributed by atoms with E-state index in [1.54, 1.807) is 31.4 Å². The largest absolute Gasteiger partial charge is 0.496 e. The van der Waals surface area contributed by atoms with Crippen LogP contribution >= 0.6 is 11.6 Å². The van der Waals surface area contributed by atoms with Crippen molar-refractivity contribution in [2.75, 3.05) is 25.5 Å². The van der Waals surface area contributed by atoms with Crippen molar-refractivity contribution in [3.8, 4) is 16.9 Å². The van der Waals surface area contributed by atoms with E-state index in [-0.39, 0.29) is 5.91 Å². The smallest absolute Gasteiger partial charge is 0.490 e. The number of benzene rings is 3. The summed E-state index contributed by atoms with van der Waals surface area (Å²) < 4.78 is 37.3. The van der Waals surface area contributed by atoms with Crippen molar-refractivity contribution < 1.29 is 32.6 Å². The van der Waals surface area contributed by atoms with Crippen LogP contribution in [0, 0.1) is 0 Å². The normalized spacial score (nSPS) is 13.4. The number of nitrogens with zero attached hydrogens (tertiary/aromatic N) is 1. The highest BCUT2D eigenvalue weighted by Gasteiger charge is 2.38. The lowest BCUT2D eigenvalue weighted by Gasteiger charge is -2.18. The molecule has 1 amide bonds. The van der Waals surface area contributed by atoms with Crippen LogP contribution in [-0.2, 0) is 11.3 Å². The van der Waals surface area contributed by atoms with Crippen molar-refractivity contribution in [3.63, 3.8) is 0 Å². The van der Waals surface area contributed by atoms with Crippen molar-refractivity contribution >= 4 is 29.2 Å². The van der Waals surface area contributed by atoms with Gasteiger partial charge in [0.1, 0.15) is 5.75 Å². The van der Waals surface area contributed by atoms with E-state index in [0.29, 0.717) is 10.6 Å². The van der Waals surface area contributed by atoms with Crippen molar-refractivity contribution in [3.05, 3.63) is 82.9 Å². The van der Waals surface area contributed by atoms with Crippen LogP contribution in [0.5, 0.6) is 5.75 Å². The first kappa shape index (κ1) is 28.0. The van der Waals surface area contributed by atoms with Gasteiger partial charge in [-0.1, -0.05) is 35.9 Å². The lowest BCUT2D eigenvalue weighted by Crippen LogP contribution is -2.21. The fraction of sp³-hybridized carbons (Fsp3) is 0.259. The zero-order valence-electron chi connectivity index (χ0n) is 20.0. The topological polar surface area (TPSA) is 78.9 Å². The van der Waals surface area contributed by atoms with Crippen LogP contribution in [0.25, 0.3) is 11.1 Å².